The van der Waals surface area contributed by atoms with Crippen LogP contribution < -0.4 is 35.3 Å². The molecule has 0 heterocycles. The van der Waals surface area contributed by atoms with Gasteiger partial charge in [0.1, 0.15) is 0 Å². The van der Waals surface area contributed by atoms with Crippen LogP contribution in [0.3, 0.4) is 0 Å². The van der Waals surface area contributed by atoms with Gasteiger partial charge in [0, 0.05) is 5.69 Å². The maximum atomic E-state index is 10.3. The Morgan fingerprint density at radius 2 is 1.55 bits per heavy atom. The maximum Gasteiger partial charge on any atom is 1.00 e. The number of hydrogen-bond acceptors (Lipinski definition) is 4. The van der Waals surface area contributed by atoms with E-state index in [1.54, 1.807) is 12.1 Å². The van der Waals surface area contributed by atoms with Crippen molar-refractivity contribution in [1.29, 1.82) is 0 Å². The molecule has 0 fully saturated rings. The molecule has 2 N–H and O–H groups in total. The summed E-state index contributed by atoms with van der Waals surface area (Å²) in [6, 6.07) is 6.01. The third-order valence-corrected chi connectivity index (χ3v) is 1.73. The monoisotopic (exact) mass is 179 g/mol. The Labute approximate surface area is 88.8 Å². The first kappa shape index (κ1) is 11.0. The van der Waals surface area contributed by atoms with Crippen molar-refractivity contribution in [3.8, 4) is 0 Å². The zero-order chi connectivity index (χ0) is 7.56. The second-order valence-corrected chi connectivity index (χ2v) is 2.74. The van der Waals surface area contributed by atoms with E-state index in [1.165, 1.54) is 12.1 Å². The smallest absolute Gasteiger partial charge is 0.420 e. The molecule has 0 aliphatic carbocycles. The molecule has 0 aliphatic heterocycles. The summed E-state index contributed by atoms with van der Waals surface area (Å²) in [5, 5.41) is 0. The van der Waals surface area contributed by atoms with Crippen molar-refractivity contribution in [3.05, 3.63) is 24.3 Å². The van der Waals surface area contributed by atoms with Crippen molar-refractivity contribution in [2.24, 2.45) is 0 Å². The molecule has 1 aromatic rings. The second-order valence-electron chi connectivity index (χ2n) is 1.80. The van der Waals surface area contributed by atoms with Crippen LogP contribution in [0.25, 0.3) is 0 Å². The van der Waals surface area contributed by atoms with Crippen LogP contribution >= 0.6 is 0 Å². The van der Waals surface area contributed by atoms with Crippen LogP contribution in [0.15, 0.2) is 29.2 Å². The third-order valence-electron chi connectivity index (χ3n) is 1.07. The first-order valence-electron chi connectivity index (χ1n) is 2.65. The Bertz CT molecular complexity index is 286. The van der Waals surface area contributed by atoms with Gasteiger partial charge in [0.25, 0.3) is 0 Å². The van der Waals surface area contributed by atoms with E-state index in [9.17, 15) is 8.42 Å². The fourth-order valence-corrected chi connectivity index (χ4v) is 0.937. The van der Waals surface area contributed by atoms with Crippen LogP contribution in [0.5, 0.6) is 0 Å². The van der Waals surface area contributed by atoms with E-state index in [-0.39, 0.29) is 34.5 Å². The summed E-state index contributed by atoms with van der Waals surface area (Å²) < 4.78 is 20.5. The SMILES string of the molecule is Nc1ccc([S-](=O)=O)cc1.[Na+]. The Morgan fingerprint density at radius 3 is 1.91 bits per heavy atom. The molecule has 0 saturated carbocycles. The largest absolute Gasteiger partial charge is 1.00 e. The Morgan fingerprint density at radius 1 is 1.09 bits per heavy atom. The van der Waals surface area contributed by atoms with Crippen LogP contribution in [0.1, 0.15) is 0 Å². The quantitative estimate of drug-likeness (QED) is 0.306. The summed E-state index contributed by atoms with van der Waals surface area (Å²) in [5.41, 5.74) is 5.89. The van der Waals surface area contributed by atoms with Crippen molar-refractivity contribution in [2.75, 3.05) is 5.73 Å². The van der Waals surface area contributed by atoms with Crippen LogP contribution in [0, 0.1) is 0 Å². The van der Waals surface area contributed by atoms with Crippen molar-refractivity contribution in [2.45, 2.75) is 4.90 Å². The van der Waals surface area contributed by atoms with E-state index in [0.717, 1.165) is 0 Å². The summed E-state index contributed by atoms with van der Waals surface area (Å²) in [5.74, 6) is 0. The van der Waals surface area contributed by atoms with Gasteiger partial charge in [-0.1, -0.05) is 17.0 Å². The number of rotatable bonds is 1. The summed E-state index contributed by atoms with van der Waals surface area (Å²) in [4.78, 5) is 0.259. The zero-order valence-corrected chi connectivity index (χ0v) is 8.93. The van der Waals surface area contributed by atoms with Gasteiger partial charge in [0.15, 0.2) is 0 Å². The molecule has 0 atom stereocenters. The van der Waals surface area contributed by atoms with Gasteiger partial charge < -0.3 is 14.2 Å². The van der Waals surface area contributed by atoms with Gasteiger partial charge >= 0.3 is 29.6 Å². The van der Waals surface area contributed by atoms with Gasteiger partial charge in [-0.2, -0.15) is 0 Å². The summed E-state index contributed by atoms with van der Waals surface area (Å²) in [6.07, 6.45) is 0. The Kier molecular flexibility index (Phi) is 4.76. The molecular weight excluding hydrogens is 173 g/mol. The van der Waals surface area contributed by atoms with Crippen LogP contribution in [-0.4, -0.2) is 0 Å². The van der Waals surface area contributed by atoms with Gasteiger partial charge in [-0.15, -0.1) is 0 Å². The molecule has 5 heteroatoms. The minimum atomic E-state index is -2.14. The molecule has 11 heavy (non-hydrogen) atoms. The minimum Gasteiger partial charge on any atom is -0.420 e. The van der Waals surface area contributed by atoms with Gasteiger partial charge in [-0.05, 0) is 22.8 Å². The maximum absolute atomic E-state index is 10.3. The summed E-state index contributed by atoms with van der Waals surface area (Å²) >= 11 is 0. The Hall–Kier alpha value is -0.0300. The van der Waals surface area contributed by atoms with Gasteiger partial charge in [-0.25, -0.2) is 0 Å². The fourth-order valence-electron chi connectivity index (χ4n) is 0.579. The topological polar surface area (TPSA) is 60.2 Å². The molecule has 0 amide bonds. The van der Waals surface area contributed by atoms with Crippen molar-refractivity contribution >= 4 is 16.4 Å². The number of nitrogen functional groups attached to an aromatic ring is 1. The minimum absolute atomic E-state index is 0. The molecular formula is C6H6NNaO2S. The van der Waals surface area contributed by atoms with Crippen LogP contribution in [0.2, 0.25) is 0 Å². The van der Waals surface area contributed by atoms with E-state index < -0.39 is 10.7 Å². The summed E-state index contributed by atoms with van der Waals surface area (Å²) in [6.45, 7) is 0. The molecule has 0 bridgehead atoms. The predicted molar refractivity (Wildman–Crippen MR) is 37.9 cm³/mol. The summed E-state index contributed by atoms with van der Waals surface area (Å²) in [7, 11) is -2.14. The van der Waals surface area contributed by atoms with Crippen molar-refractivity contribution < 1.29 is 38.0 Å². The van der Waals surface area contributed by atoms with E-state index in [2.05, 4.69) is 0 Å². The molecule has 1 rings (SSSR count). The zero-order valence-electron chi connectivity index (χ0n) is 6.11. The van der Waals surface area contributed by atoms with Gasteiger partial charge in [0.2, 0.25) is 0 Å². The average molecular weight is 179 g/mol. The van der Waals surface area contributed by atoms with Crippen LogP contribution in [0.4, 0.5) is 5.69 Å². The molecule has 0 aromatic heterocycles. The van der Waals surface area contributed by atoms with E-state index in [0.29, 0.717) is 5.69 Å². The van der Waals surface area contributed by atoms with E-state index in [4.69, 9.17) is 5.73 Å². The number of hydrogen-bond donors (Lipinski definition) is 1. The second kappa shape index (κ2) is 4.77. The molecule has 0 unspecified atom stereocenters. The normalized spacial score (nSPS) is 9.18. The van der Waals surface area contributed by atoms with Crippen LogP contribution in [-0.2, 0) is 19.1 Å². The third kappa shape index (κ3) is 3.25. The predicted octanol–water partition coefficient (Wildman–Crippen LogP) is -2.06. The molecule has 0 spiro atoms. The molecule has 0 aliphatic rings. The molecule has 3 nitrogen and oxygen atoms in total. The standard InChI is InChI=1S/C6H6NO2S.Na/c7-5-1-3-6(4-2-5)10(8)9;/h1-4H,7H2;/q-1;+1. The molecule has 1 aromatic carbocycles. The molecule has 0 saturated heterocycles. The van der Waals surface area contributed by atoms with E-state index >= 15 is 0 Å². The fraction of sp³-hybridized carbons (Fsp3) is 0. The van der Waals surface area contributed by atoms with Crippen molar-refractivity contribution in [3.63, 3.8) is 0 Å². The van der Waals surface area contributed by atoms with Gasteiger partial charge in [0.05, 0.1) is 0 Å². The van der Waals surface area contributed by atoms with E-state index in [1.807, 2.05) is 0 Å². The average Bonchev–Trinajstić information content (AvgIpc) is 1.88. The number of anilines is 1. The number of nitrogens with two attached hydrogens (primary N) is 1. The molecule has 0 radical (unpaired) electrons. The van der Waals surface area contributed by atoms with Crippen molar-refractivity contribution in [1.82, 2.24) is 0 Å². The van der Waals surface area contributed by atoms with Gasteiger partial charge in [-0.3, -0.25) is 0 Å². The Balaban J connectivity index is 0.000001000. The first-order chi connectivity index (χ1) is 4.70. The number of benzene rings is 1. The molecule has 54 valence electrons. The first-order valence-corrected chi connectivity index (χ1v) is 3.72.